The van der Waals surface area contributed by atoms with Gasteiger partial charge in [0.2, 0.25) is 0 Å². The number of amides is 1. The van der Waals surface area contributed by atoms with Crippen molar-refractivity contribution in [3.8, 4) is 0 Å². The number of azide groups is 1. The zero-order valence-corrected chi connectivity index (χ0v) is 12.6. The van der Waals surface area contributed by atoms with E-state index in [9.17, 15) is 9.18 Å². The fourth-order valence-corrected chi connectivity index (χ4v) is 3.09. The van der Waals surface area contributed by atoms with Gasteiger partial charge < -0.3 is 4.74 Å². The van der Waals surface area contributed by atoms with Crippen LogP contribution in [0, 0.1) is 0 Å². The van der Waals surface area contributed by atoms with Crippen LogP contribution in [-0.4, -0.2) is 49.1 Å². The fourth-order valence-electron chi connectivity index (χ4n) is 3.09. The Morgan fingerprint density at radius 1 is 1.35 bits per heavy atom. The molecule has 2 aliphatic rings. The molecule has 1 atom stereocenters. The molecule has 1 unspecified atom stereocenters. The largest absolute Gasteiger partial charge is 0.445 e. The minimum Gasteiger partial charge on any atom is -0.445 e. The van der Waals surface area contributed by atoms with Gasteiger partial charge >= 0.3 is 6.09 Å². The number of piperidine rings is 1. The van der Waals surface area contributed by atoms with Crippen LogP contribution in [0.5, 0.6) is 0 Å². The van der Waals surface area contributed by atoms with Gasteiger partial charge in [-0.2, -0.15) is 0 Å². The molecule has 122 valence electrons. The molecule has 0 N–H and O–H groups in total. The molecule has 0 bridgehead atoms. The van der Waals surface area contributed by atoms with E-state index in [0.717, 1.165) is 5.69 Å². The first-order valence-corrected chi connectivity index (χ1v) is 7.58. The average molecular weight is 319 g/mol. The van der Waals surface area contributed by atoms with Crippen molar-refractivity contribution in [3.63, 3.8) is 0 Å². The van der Waals surface area contributed by atoms with Crippen LogP contribution in [0.2, 0.25) is 0 Å². The van der Waals surface area contributed by atoms with Crippen LogP contribution in [0.25, 0.3) is 10.4 Å². The Hall–Kier alpha value is -2.31. The topological polar surface area (TPSA) is 81.5 Å². The van der Waals surface area contributed by atoms with Crippen molar-refractivity contribution < 1.29 is 13.9 Å². The third-order valence-electron chi connectivity index (χ3n) is 4.42. The number of likely N-dealkylation sites (tertiary alicyclic amines) is 1. The van der Waals surface area contributed by atoms with Gasteiger partial charge in [0, 0.05) is 23.7 Å². The highest BCUT2D eigenvalue weighted by molar-refractivity contribution is 5.90. The first-order chi connectivity index (χ1) is 11.1. The van der Waals surface area contributed by atoms with E-state index in [-0.39, 0.29) is 38.3 Å². The number of benzene rings is 1. The Kier molecular flexibility index (Phi) is 4.36. The summed E-state index contributed by atoms with van der Waals surface area (Å²) in [6.45, 7) is 1.10. The van der Waals surface area contributed by atoms with Crippen molar-refractivity contribution in [1.82, 2.24) is 4.90 Å². The lowest BCUT2D eigenvalue weighted by atomic mass is 9.93. The highest BCUT2D eigenvalue weighted by Gasteiger charge is 2.42. The Labute approximate surface area is 133 Å². The maximum absolute atomic E-state index is 14.5. The van der Waals surface area contributed by atoms with Gasteiger partial charge in [0.1, 0.15) is 18.4 Å². The van der Waals surface area contributed by atoms with E-state index < -0.39 is 5.67 Å². The number of ether oxygens (including phenoxy) is 1. The van der Waals surface area contributed by atoms with E-state index in [0.29, 0.717) is 13.1 Å². The number of nitrogens with zero attached hydrogens (tertiary/aromatic N) is 5. The van der Waals surface area contributed by atoms with E-state index in [1.807, 2.05) is 35.2 Å². The number of carbonyl (C=O) groups excluding carboxylic acids is 1. The summed E-state index contributed by atoms with van der Waals surface area (Å²) in [6, 6.07) is 9.31. The van der Waals surface area contributed by atoms with Crippen LogP contribution in [0.1, 0.15) is 12.8 Å². The summed E-state index contributed by atoms with van der Waals surface area (Å²) in [6.07, 6.45) is -0.0557. The molecule has 8 heteroatoms. The van der Waals surface area contributed by atoms with Gasteiger partial charge in [-0.1, -0.05) is 23.3 Å². The third kappa shape index (κ3) is 3.23. The van der Waals surface area contributed by atoms with E-state index in [2.05, 4.69) is 10.0 Å². The summed E-state index contributed by atoms with van der Waals surface area (Å²) in [5.41, 5.74) is 7.66. The molecule has 2 heterocycles. The van der Waals surface area contributed by atoms with Crippen molar-refractivity contribution >= 4 is 11.8 Å². The van der Waals surface area contributed by atoms with Crippen LogP contribution in [-0.2, 0) is 4.74 Å². The van der Waals surface area contributed by atoms with Gasteiger partial charge in [-0.15, -0.1) is 0 Å². The molecule has 0 radical (unpaired) electrons. The second kappa shape index (κ2) is 6.44. The zero-order valence-electron chi connectivity index (χ0n) is 12.6. The number of carbonyl (C=O) groups is 1. The molecule has 23 heavy (non-hydrogen) atoms. The average Bonchev–Trinajstić information content (AvgIpc) is 2.96. The van der Waals surface area contributed by atoms with Crippen LogP contribution < -0.4 is 4.90 Å². The van der Waals surface area contributed by atoms with Crippen molar-refractivity contribution in [2.24, 2.45) is 5.11 Å². The van der Waals surface area contributed by atoms with Crippen LogP contribution in [0.15, 0.2) is 35.4 Å². The number of cyclic esters (lactones) is 1. The van der Waals surface area contributed by atoms with Gasteiger partial charge in [-0.25, -0.2) is 9.18 Å². The van der Waals surface area contributed by atoms with Gasteiger partial charge in [-0.3, -0.25) is 9.80 Å². The molecular formula is C15H18FN5O2. The second-order valence-corrected chi connectivity index (χ2v) is 5.84. The lowest BCUT2D eigenvalue weighted by Crippen LogP contribution is -2.53. The van der Waals surface area contributed by atoms with Gasteiger partial charge in [0.15, 0.2) is 0 Å². The zero-order chi connectivity index (χ0) is 16.3. The Balaban J connectivity index is 1.70. The smallest absolute Gasteiger partial charge is 0.415 e. The Bertz CT molecular complexity index is 612. The van der Waals surface area contributed by atoms with E-state index in [4.69, 9.17) is 10.3 Å². The molecule has 2 saturated heterocycles. The van der Waals surface area contributed by atoms with Gasteiger partial charge in [0.25, 0.3) is 0 Å². The lowest BCUT2D eigenvalue weighted by molar-refractivity contribution is 0.0415. The summed E-state index contributed by atoms with van der Waals surface area (Å²) in [4.78, 5) is 18.3. The summed E-state index contributed by atoms with van der Waals surface area (Å²) >= 11 is 0. The molecule has 0 aliphatic carbocycles. The molecule has 2 fully saturated rings. The SMILES string of the molecule is [N-]=[N+]=NCC1(F)CCN(C2COC(=O)N2c2ccccc2)CC1. The predicted octanol–water partition coefficient (Wildman–Crippen LogP) is 3.08. The monoisotopic (exact) mass is 319 g/mol. The van der Waals surface area contributed by atoms with Gasteiger partial charge in [-0.05, 0) is 30.5 Å². The molecule has 0 spiro atoms. The standard InChI is InChI=1S/C15H18FN5O2/c16-15(11-18-19-17)6-8-20(9-7-15)13-10-23-14(22)21(13)12-4-2-1-3-5-12/h1-5,13H,6-11H2. The van der Waals surface area contributed by atoms with Gasteiger partial charge in [0.05, 0.1) is 6.54 Å². The predicted molar refractivity (Wildman–Crippen MR) is 82.7 cm³/mol. The molecule has 7 nitrogen and oxygen atoms in total. The summed E-state index contributed by atoms with van der Waals surface area (Å²) in [7, 11) is 0. The number of hydrogen-bond acceptors (Lipinski definition) is 4. The second-order valence-electron chi connectivity index (χ2n) is 5.84. The molecule has 2 aliphatic heterocycles. The van der Waals surface area contributed by atoms with Crippen LogP contribution in [0.3, 0.4) is 0 Å². The molecule has 0 aromatic heterocycles. The lowest BCUT2D eigenvalue weighted by Gasteiger charge is -2.40. The summed E-state index contributed by atoms with van der Waals surface area (Å²) < 4.78 is 19.7. The number of para-hydroxylation sites is 1. The number of hydrogen-bond donors (Lipinski definition) is 0. The summed E-state index contributed by atoms with van der Waals surface area (Å²) in [5, 5.41) is 3.36. The van der Waals surface area contributed by atoms with Crippen molar-refractivity contribution in [2.45, 2.75) is 24.7 Å². The van der Waals surface area contributed by atoms with Crippen LogP contribution >= 0.6 is 0 Å². The highest BCUT2D eigenvalue weighted by Crippen LogP contribution is 2.31. The minimum atomic E-state index is -1.45. The van der Waals surface area contributed by atoms with Crippen LogP contribution in [0.4, 0.5) is 14.9 Å². The third-order valence-corrected chi connectivity index (χ3v) is 4.42. The molecular weight excluding hydrogens is 301 g/mol. The number of halogens is 1. The van der Waals surface area contributed by atoms with E-state index in [1.54, 1.807) is 4.90 Å². The molecule has 0 saturated carbocycles. The first-order valence-electron chi connectivity index (χ1n) is 7.58. The van der Waals surface area contributed by atoms with Crippen molar-refractivity contribution in [1.29, 1.82) is 0 Å². The first kappa shape index (κ1) is 15.6. The van der Waals surface area contributed by atoms with E-state index in [1.165, 1.54) is 0 Å². The normalized spacial score (nSPS) is 24.1. The molecule has 1 aromatic rings. The Morgan fingerprint density at radius 3 is 2.70 bits per heavy atom. The maximum Gasteiger partial charge on any atom is 0.415 e. The fraction of sp³-hybridized carbons (Fsp3) is 0.533. The highest BCUT2D eigenvalue weighted by atomic mass is 19.1. The van der Waals surface area contributed by atoms with E-state index >= 15 is 0 Å². The minimum absolute atomic E-state index is 0.139. The summed E-state index contributed by atoms with van der Waals surface area (Å²) in [5.74, 6) is 0. The van der Waals surface area contributed by atoms with Crippen molar-refractivity contribution in [2.75, 3.05) is 31.1 Å². The number of alkyl halides is 1. The number of rotatable bonds is 4. The quantitative estimate of drug-likeness (QED) is 0.486. The molecule has 1 amide bonds. The maximum atomic E-state index is 14.5. The number of anilines is 1. The molecule has 1 aromatic carbocycles. The van der Waals surface area contributed by atoms with Crippen molar-refractivity contribution in [3.05, 3.63) is 40.8 Å². The molecule has 3 rings (SSSR count). The Morgan fingerprint density at radius 2 is 2.04 bits per heavy atom.